The van der Waals surface area contributed by atoms with E-state index in [1.807, 2.05) is 0 Å². The maximum Gasteiger partial charge on any atom is 0.327 e. The van der Waals surface area contributed by atoms with Crippen LogP contribution in [0.25, 0.3) is 0 Å². The first-order valence-corrected chi connectivity index (χ1v) is 10.7. The molecule has 0 rings (SSSR count). The molecule has 0 aromatic heterocycles. The Labute approximate surface area is 191 Å². The fourth-order valence-corrected chi connectivity index (χ4v) is 2.80. The van der Waals surface area contributed by atoms with Crippen LogP contribution in [0.1, 0.15) is 39.0 Å². The van der Waals surface area contributed by atoms with Gasteiger partial charge in [-0.2, -0.15) is 12.6 Å². The molecule has 0 radical (unpaired) electrons. The molecule has 0 aliphatic heterocycles. The van der Waals surface area contributed by atoms with Gasteiger partial charge in [0.25, 0.3) is 0 Å². The van der Waals surface area contributed by atoms with E-state index < -0.39 is 59.9 Å². The van der Waals surface area contributed by atoms with E-state index in [4.69, 9.17) is 21.7 Å². The smallest absolute Gasteiger partial charge is 0.327 e. The third-order valence-electron chi connectivity index (χ3n) is 4.45. The molecule has 0 aliphatic carbocycles. The van der Waals surface area contributed by atoms with Gasteiger partial charge in [0.2, 0.25) is 17.7 Å². The van der Waals surface area contributed by atoms with Gasteiger partial charge in [-0.3, -0.25) is 19.2 Å². The SMILES string of the molecule is CC(O)C(NC(=O)C(CCCCN)NC(=O)C(N)CCC(=O)O)C(=O)NC(CS)C(=O)O. The molecule has 32 heavy (non-hydrogen) atoms. The first kappa shape index (κ1) is 29.6. The number of rotatable bonds is 16. The number of aliphatic hydroxyl groups is 1. The molecule has 0 fully saturated rings. The van der Waals surface area contributed by atoms with Gasteiger partial charge in [0, 0.05) is 12.2 Å². The van der Waals surface area contributed by atoms with Crippen molar-refractivity contribution in [2.24, 2.45) is 11.5 Å². The molecular weight excluding hydrogens is 446 g/mol. The van der Waals surface area contributed by atoms with Gasteiger partial charge in [0.15, 0.2) is 0 Å². The third-order valence-corrected chi connectivity index (χ3v) is 4.81. The van der Waals surface area contributed by atoms with Gasteiger partial charge >= 0.3 is 11.9 Å². The van der Waals surface area contributed by atoms with Gasteiger partial charge in [0.05, 0.1) is 12.1 Å². The number of carboxylic acids is 2. The summed E-state index contributed by atoms with van der Waals surface area (Å²) >= 11 is 3.83. The number of nitrogens with two attached hydrogens (primary N) is 2. The summed E-state index contributed by atoms with van der Waals surface area (Å²) in [5.41, 5.74) is 11.1. The number of thiol groups is 1. The molecule has 13 nitrogen and oxygen atoms in total. The molecule has 0 saturated heterocycles. The summed E-state index contributed by atoms with van der Waals surface area (Å²) in [5, 5.41) is 34.6. The highest BCUT2D eigenvalue weighted by Crippen LogP contribution is 2.05. The van der Waals surface area contributed by atoms with Crippen LogP contribution in [0.5, 0.6) is 0 Å². The van der Waals surface area contributed by atoms with E-state index in [0.29, 0.717) is 19.4 Å². The monoisotopic (exact) mass is 479 g/mol. The summed E-state index contributed by atoms with van der Waals surface area (Å²) in [7, 11) is 0. The van der Waals surface area contributed by atoms with Crippen molar-refractivity contribution in [3.63, 3.8) is 0 Å². The number of hydrogen-bond acceptors (Lipinski definition) is 9. The lowest BCUT2D eigenvalue weighted by Gasteiger charge is -2.26. The number of carbonyl (C=O) groups is 5. The summed E-state index contributed by atoms with van der Waals surface area (Å²) < 4.78 is 0. The van der Waals surface area contributed by atoms with Crippen molar-refractivity contribution < 1.29 is 39.3 Å². The van der Waals surface area contributed by atoms with Crippen molar-refractivity contribution in [3.8, 4) is 0 Å². The van der Waals surface area contributed by atoms with Crippen molar-refractivity contribution in [2.75, 3.05) is 12.3 Å². The van der Waals surface area contributed by atoms with Crippen molar-refractivity contribution in [3.05, 3.63) is 0 Å². The summed E-state index contributed by atoms with van der Waals surface area (Å²) in [6.07, 6.45) is -0.718. The van der Waals surface area contributed by atoms with Crippen LogP contribution in [-0.2, 0) is 24.0 Å². The lowest BCUT2D eigenvalue weighted by molar-refractivity contribution is -0.142. The summed E-state index contributed by atoms with van der Waals surface area (Å²) in [6.45, 7) is 1.57. The average Bonchev–Trinajstić information content (AvgIpc) is 2.72. The molecule has 3 amide bonds. The minimum atomic E-state index is -1.50. The molecule has 10 N–H and O–H groups in total. The predicted octanol–water partition coefficient (Wildman–Crippen LogP) is -2.84. The molecule has 14 heteroatoms. The van der Waals surface area contributed by atoms with Crippen LogP contribution in [0.15, 0.2) is 0 Å². The number of nitrogens with one attached hydrogen (secondary N) is 3. The summed E-state index contributed by atoms with van der Waals surface area (Å²) in [6, 6.07) is -5.15. The number of carboxylic acid groups (broad SMARTS) is 2. The van der Waals surface area contributed by atoms with E-state index in [1.165, 1.54) is 6.92 Å². The largest absolute Gasteiger partial charge is 0.481 e. The van der Waals surface area contributed by atoms with Gasteiger partial charge in [0.1, 0.15) is 18.1 Å². The van der Waals surface area contributed by atoms with Crippen LogP contribution >= 0.6 is 12.6 Å². The van der Waals surface area contributed by atoms with Gasteiger partial charge in [-0.15, -0.1) is 0 Å². The Hall–Kier alpha value is -2.42. The molecule has 0 aromatic rings. The van der Waals surface area contributed by atoms with Crippen LogP contribution < -0.4 is 27.4 Å². The Morgan fingerprint density at radius 1 is 0.906 bits per heavy atom. The second kappa shape index (κ2) is 15.4. The summed E-state index contributed by atoms with van der Waals surface area (Å²) in [4.78, 5) is 59.2. The van der Waals surface area contributed by atoms with Gasteiger partial charge in [-0.05, 0) is 39.2 Å². The highest BCUT2D eigenvalue weighted by Gasteiger charge is 2.32. The van der Waals surface area contributed by atoms with Crippen molar-refractivity contribution in [1.82, 2.24) is 16.0 Å². The maximum atomic E-state index is 12.8. The first-order valence-electron chi connectivity index (χ1n) is 10.0. The number of aliphatic carboxylic acids is 2. The zero-order valence-electron chi connectivity index (χ0n) is 17.8. The number of unbranched alkanes of at least 4 members (excludes halogenated alkanes) is 1. The number of carbonyl (C=O) groups excluding carboxylic acids is 3. The molecule has 0 saturated carbocycles. The van der Waals surface area contributed by atoms with E-state index in [9.17, 15) is 29.1 Å². The van der Waals surface area contributed by atoms with Crippen LogP contribution in [0.3, 0.4) is 0 Å². The van der Waals surface area contributed by atoms with Gasteiger partial charge in [-0.1, -0.05) is 0 Å². The predicted molar refractivity (Wildman–Crippen MR) is 117 cm³/mol. The number of amides is 3. The third kappa shape index (κ3) is 11.3. The van der Waals surface area contributed by atoms with E-state index in [0.717, 1.165) is 0 Å². The van der Waals surface area contributed by atoms with Crippen LogP contribution in [-0.4, -0.2) is 87.5 Å². The van der Waals surface area contributed by atoms with E-state index in [2.05, 4.69) is 28.6 Å². The first-order chi connectivity index (χ1) is 14.9. The van der Waals surface area contributed by atoms with E-state index in [-0.39, 0.29) is 25.0 Å². The molecule has 0 bridgehead atoms. The standard InChI is InChI=1S/C18H33N5O8S/c1-9(24)14(17(29)22-12(8-32)18(30)31)23-16(28)11(4-2-3-7-19)21-15(27)10(20)5-6-13(25)26/h9-12,14,24,32H,2-8,19-20H2,1H3,(H,21,27)(H,22,29)(H,23,28)(H,25,26)(H,30,31). The van der Waals surface area contributed by atoms with E-state index >= 15 is 0 Å². The molecular formula is C18H33N5O8S. The Morgan fingerprint density at radius 2 is 1.50 bits per heavy atom. The molecule has 5 unspecified atom stereocenters. The fourth-order valence-electron chi connectivity index (χ4n) is 2.56. The second-order valence-electron chi connectivity index (χ2n) is 7.19. The molecule has 0 aromatic carbocycles. The Kier molecular flexibility index (Phi) is 14.2. The molecule has 5 atom stereocenters. The zero-order valence-corrected chi connectivity index (χ0v) is 18.7. The van der Waals surface area contributed by atoms with Crippen LogP contribution in [0.4, 0.5) is 0 Å². The quantitative estimate of drug-likeness (QED) is 0.0812. The van der Waals surface area contributed by atoms with Crippen LogP contribution in [0.2, 0.25) is 0 Å². The molecule has 0 heterocycles. The zero-order chi connectivity index (χ0) is 24.8. The van der Waals surface area contributed by atoms with Gasteiger partial charge in [-0.25, -0.2) is 4.79 Å². The highest BCUT2D eigenvalue weighted by molar-refractivity contribution is 7.80. The Bertz CT molecular complexity index is 663. The topological polar surface area (TPSA) is 234 Å². The number of hydrogen-bond donors (Lipinski definition) is 9. The van der Waals surface area contributed by atoms with Crippen molar-refractivity contribution >= 4 is 42.3 Å². The Morgan fingerprint density at radius 3 is 1.97 bits per heavy atom. The summed E-state index contributed by atoms with van der Waals surface area (Å²) in [5.74, 6) is -5.19. The average molecular weight is 480 g/mol. The molecule has 0 spiro atoms. The highest BCUT2D eigenvalue weighted by atomic mass is 32.1. The fraction of sp³-hybridized carbons (Fsp3) is 0.722. The van der Waals surface area contributed by atoms with Crippen LogP contribution in [0, 0.1) is 0 Å². The lowest BCUT2D eigenvalue weighted by Crippen LogP contribution is -2.60. The van der Waals surface area contributed by atoms with Crippen molar-refractivity contribution in [2.45, 2.75) is 69.3 Å². The number of aliphatic hydroxyl groups excluding tert-OH is 1. The minimum Gasteiger partial charge on any atom is -0.481 e. The normalized spacial score (nSPS) is 15.5. The second-order valence-corrected chi connectivity index (χ2v) is 7.56. The van der Waals surface area contributed by atoms with Gasteiger partial charge < -0.3 is 42.7 Å². The molecule has 0 aliphatic rings. The Balaban J connectivity index is 5.32. The maximum absolute atomic E-state index is 12.8. The minimum absolute atomic E-state index is 0.142. The molecule has 184 valence electrons. The van der Waals surface area contributed by atoms with E-state index in [1.54, 1.807) is 0 Å². The van der Waals surface area contributed by atoms with Crippen molar-refractivity contribution in [1.29, 1.82) is 0 Å². The lowest BCUT2D eigenvalue weighted by atomic mass is 10.0.